The molecule has 0 aliphatic carbocycles. The van der Waals surface area contributed by atoms with Crippen LogP contribution < -0.4 is 0 Å². The summed E-state index contributed by atoms with van der Waals surface area (Å²) in [7, 11) is 0. The highest BCUT2D eigenvalue weighted by atomic mass is 16.1. The van der Waals surface area contributed by atoms with E-state index in [0.29, 0.717) is 6.42 Å². The zero-order valence-corrected chi connectivity index (χ0v) is 10.6. The van der Waals surface area contributed by atoms with E-state index in [1.54, 1.807) is 0 Å². The van der Waals surface area contributed by atoms with Gasteiger partial charge in [0.2, 0.25) is 0 Å². The average molecular weight is 206 g/mol. The van der Waals surface area contributed by atoms with Crippen LogP contribution in [0.25, 0.3) is 0 Å². The lowest BCUT2D eigenvalue weighted by molar-refractivity contribution is 0.0988. The first-order chi connectivity index (χ1) is 7.17. The van der Waals surface area contributed by atoms with Crippen LogP contribution >= 0.6 is 0 Å². The van der Waals surface area contributed by atoms with Crippen molar-refractivity contribution in [3.05, 3.63) is 34.9 Å². The predicted octanol–water partition coefficient (Wildman–Crippen LogP) is 4.18. The molecule has 0 saturated carbocycles. The molecule has 84 valence electrons. The van der Waals surface area contributed by atoms with Gasteiger partial charge in [-0.15, -0.1) is 0 Å². The molecular formula is C14H22O. The van der Waals surface area contributed by atoms with Crippen molar-refractivity contribution in [1.29, 1.82) is 0 Å². The Morgan fingerprint density at radius 1 is 1.13 bits per heavy atom. The van der Waals surface area contributed by atoms with E-state index in [2.05, 4.69) is 13.0 Å². The zero-order valence-electron chi connectivity index (χ0n) is 10.6. The van der Waals surface area contributed by atoms with Gasteiger partial charge in [-0.2, -0.15) is 0 Å². The maximum atomic E-state index is 11.4. The Hall–Kier alpha value is -1.11. The highest BCUT2D eigenvalue weighted by molar-refractivity contribution is 5.96. The minimum atomic E-state index is 0.235. The molecule has 0 saturated heterocycles. The van der Waals surface area contributed by atoms with Gasteiger partial charge in [0.15, 0.2) is 5.78 Å². The van der Waals surface area contributed by atoms with E-state index in [1.807, 2.05) is 39.8 Å². The topological polar surface area (TPSA) is 17.1 Å². The summed E-state index contributed by atoms with van der Waals surface area (Å²) in [5.41, 5.74) is 3.28. The summed E-state index contributed by atoms with van der Waals surface area (Å²) in [5.74, 6) is 0.235. The number of benzene rings is 1. The molecule has 1 heteroatoms. The standard InChI is InChI=1S/C12H16O.C2H6/c1-4-10-6-9(3)7-11(8-10)12(13)5-2;1-2/h6-8H,4-5H2,1-3H3;1-2H3. The number of rotatable bonds is 3. The van der Waals surface area contributed by atoms with Crippen LogP contribution in [-0.2, 0) is 6.42 Å². The summed E-state index contributed by atoms with van der Waals surface area (Å²) in [6.45, 7) is 10.0. The van der Waals surface area contributed by atoms with Crippen molar-refractivity contribution in [2.75, 3.05) is 0 Å². The predicted molar refractivity (Wildman–Crippen MR) is 66.5 cm³/mol. The zero-order chi connectivity index (χ0) is 11.8. The Morgan fingerprint density at radius 3 is 2.20 bits per heavy atom. The summed E-state index contributed by atoms with van der Waals surface area (Å²) >= 11 is 0. The van der Waals surface area contributed by atoms with E-state index < -0.39 is 0 Å². The van der Waals surface area contributed by atoms with Crippen molar-refractivity contribution in [3.8, 4) is 0 Å². The number of carbonyl (C=O) groups excluding carboxylic acids is 1. The van der Waals surface area contributed by atoms with Crippen molar-refractivity contribution < 1.29 is 4.79 Å². The number of hydrogen-bond donors (Lipinski definition) is 0. The molecule has 1 aromatic carbocycles. The van der Waals surface area contributed by atoms with E-state index in [4.69, 9.17) is 0 Å². The molecule has 0 N–H and O–H groups in total. The lowest BCUT2D eigenvalue weighted by atomic mass is 10.0. The second-order valence-corrected chi connectivity index (χ2v) is 3.34. The molecule has 0 amide bonds. The smallest absolute Gasteiger partial charge is 0.162 e. The summed E-state index contributed by atoms with van der Waals surface area (Å²) in [6, 6.07) is 6.09. The highest BCUT2D eigenvalue weighted by Crippen LogP contribution is 2.12. The van der Waals surface area contributed by atoms with Gasteiger partial charge in [-0.25, -0.2) is 0 Å². The summed E-state index contributed by atoms with van der Waals surface area (Å²) in [4.78, 5) is 11.4. The molecule has 0 aliphatic heterocycles. The lowest BCUT2D eigenvalue weighted by Gasteiger charge is -2.03. The van der Waals surface area contributed by atoms with Crippen LogP contribution in [0.5, 0.6) is 0 Å². The molecule has 0 fully saturated rings. The van der Waals surface area contributed by atoms with Gasteiger partial charge in [0.1, 0.15) is 0 Å². The van der Waals surface area contributed by atoms with E-state index in [9.17, 15) is 4.79 Å². The highest BCUT2D eigenvalue weighted by Gasteiger charge is 2.04. The molecule has 15 heavy (non-hydrogen) atoms. The Labute approximate surface area is 93.5 Å². The Morgan fingerprint density at radius 2 is 1.73 bits per heavy atom. The first kappa shape index (κ1) is 13.9. The van der Waals surface area contributed by atoms with E-state index in [0.717, 1.165) is 12.0 Å². The van der Waals surface area contributed by atoms with Crippen LogP contribution in [0.1, 0.15) is 55.6 Å². The number of carbonyl (C=O) groups is 1. The monoisotopic (exact) mass is 206 g/mol. The van der Waals surface area contributed by atoms with Crippen LogP contribution in [0.2, 0.25) is 0 Å². The summed E-state index contributed by atoms with van der Waals surface area (Å²) < 4.78 is 0. The van der Waals surface area contributed by atoms with Gasteiger partial charge in [0.25, 0.3) is 0 Å². The van der Waals surface area contributed by atoms with Gasteiger partial charge >= 0.3 is 0 Å². The maximum Gasteiger partial charge on any atom is 0.162 e. The van der Waals surface area contributed by atoms with Gasteiger partial charge in [-0.1, -0.05) is 39.3 Å². The van der Waals surface area contributed by atoms with Gasteiger partial charge in [-0.3, -0.25) is 4.79 Å². The third kappa shape index (κ3) is 4.28. The molecule has 1 aromatic rings. The van der Waals surface area contributed by atoms with Crippen molar-refractivity contribution in [1.82, 2.24) is 0 Å². The molecule has 0 unspecified atom stereocenters. The number of aryl methyl sites for hydroxylation is 2. The van der Waals surface area contributed by atoms with Crippen LogP contribution in [0.15, 0.2) is 18.2 Å². The van der Waals surface area contributed by atoms with E-state index >= 15 is 0 Å². The molecule has 1 nitrogen and oxygen atoms in total. The van der Waals surface area contributed by atoms with Gasteiger partial charge < -0.3 is 0 Å². The Kier molecular flexibility index (Phi) is 6.68. The number of hydrogen-bond acceptors (Lipinski definition) is 1. The van der Waals surface area contributed by atoms with Gasteiger partial charge in [-0.05, 0) is 31.0 Å². The molecular weight excluding hydrogens is 184 g/mol. The molecule has 0 aromatic heterocycles. The minimum absolute atomic E-state index is 0.235. The third-order valence-corrected chi connectivity index (χ3v) is 2.19. The number of ketones is 1. The quantitative estimate of drug-likeness (QED) is 0.678. The van der Waals surface area contributed by atoms with Crippen molar-refractivity contribution >= 4 is 5.78 Å². The molecule has 1 rings (SSSR count). The largest absolute Gasteiger partial charge is 0.294 e. The molecule has 0 aliphatic rings. The molecule has 0 radical (unpaired) electrons. The SMILES string of the molecule is CC.CCC(=O)c1cc(C)cc(CC)c1. The first-order valence-electron chi connectivity index (χ1n) is 5.81. The van der Waals surface area contributed by atoms with Gasteiger partial charge in [0.05, 0.1) is 0 Å². The second kappa shape index (κ2) is 7.22. The molecule has 0 heterocycles. The second-order valence-electron chi connectivity index (χ2n) is 3.34. The van der Waals surface area contributed by atoms with Crippen molar-refractivity contribution in [2.24, 2.45) is 0 Å². The normalized spacial score (nSPS) is 9.13. The van der Waals surface area contributed by atoms with Crippen LogP contribution in [0.3, 0.4) is 0 Å². The average Bonchev–Trinajstić information content (AvgIpc) is 2.29. The molecule has 0 bridgehead atoms. The minimum Gasteiger partial charge on any atom is -0.294 e. The van der Waals surface area contributed by atoms with Crippen LogP contribution in [0, 0.1) is 6.92 Å². The number of Topliss-reactive ketones (excluding diaryl/α,β-unsaturated/α-hetero) is 1. The van der Waals surface area contributed by atoms with E-state index in [-0.39, 0.29) is 5.78 Å². The Balaban J connectivity index is 0.000000921. The van der Waals surface area contributed by atoms with Crippen LogP contribution in [-0.4, -0.2) is 5.78 Å². The van der Waals surface area contributed by atoms with Gasteiger partial charge in [0, 0.05) is 12.0 Å². The molecule has 0 spiro atoms. The fourth-order valence-corrected chi connectivity index (χ4v) is 1.43. The van der Waals surface area contributed by atoms with E-state index in [1.165, 1.54) is 11.1 Å². The fraction of sp³-hybridized carbons (Fsp3) is 0.500. The molecule has 0 atom stereocenters. The third-order valence-electron chi connectivity index (χ3n) is 2.19. The lowest BCUT2D eigenvalue weighted by Crippen LogP contribution is -1.98. The first-order valence-corrected chi connectivity index (χ1v) is 5.81. The fourth-order valence-electron chi connectivity index (χ4n) is 1.43. The Bertz CT molecular complexity index is 313. The maximum absolute atomic E-state index is 11.4. The van der Waals surface area contributed by atoms with Crippen molar-refractivity contribution in [3.63, 3.8) is 0 Å². The van der Waals surface area contributed by atoms with Crippen molar-refractivity contribution in [2.45, 2.75) is 47.5 Å². The van der Waals surface area contributed by atoms with Crippen LogP contribution in [0.4, 0.5) is 0 Å². The summed E-state index contributed by atoms with van der Waals surface area (Å²) in [5, 5.41) is 0. The summed E-state index contributed by atoms with van der Waals surface area (Å²) in [6.07, 6.45) is 1.58.